The van der Waals surface area contributed by atoms with E-state index in [9.17, 15) is 18.8 Å². The fraction of sp³-hybridized carbons (Fsp3) is 0.438. The van der Waals surface area contributed by atoms with E-state index in [1.165, 1.54) is 18.2 Å². The van der Waals surface area contributed by atoms with Gasteiger partial charge in [-0.2, -0.15) is 0 Å². The van der Waals surface area contributed by atoms with E-state index in [1.54, 1.807) is 15.9 Å². The summed E-state index contributed by atoms with van der Waals surface area (Å²) >= 11 is 0. The topological polar surface area (TPSA) is 89.9 Å². The molecule has 0 aliphatic carbocycles. The zero-order chi connectivity index (χ0) is 17.5. The molecule has 1 fully saturated rings. The van der Waals surface area contributed by atoms with Gasteiger partial charge in [0, 0.05) is 44.7 Å². The normalized spacial score (nSPS) is 14.4. The molecule has 0 radical (unpaired) electrons. The molecule has 2 rings (SSSR count). The molecule has 0 bridgehead atoms. The van der Waals surface area contributed by atoms with E-state index in [0.29, 0.717) is 44.7 Å². The summed E-state index contributed by atoms with van der Waals surface area (Å²) in [6.45, 7) is 1.81. The third kappa shape index (κ3) is 4.94. The third-order valence-electron chi connectivity index (χ3n) is 3.77. The van der Waals surface area contributed by atoms with Crippen molar-refractivity contribution in [2.75, 3.05) is 32.7 Å². The van der Waals surface area contributed by atoms with Gasteiger partial charge in [0.05, 0.1) is 0 Å². The van der Waals surface area contributed by atoms with Gasteiger partial charge in [-0.25, -0.2) is 9.18 Å². The van der Waals surface area contributed by atoms with E-state index < -0.39 is 11.8 Å². The Morgan fingerprint density at radius 1 is 1.12 bits per heavy atom. The summed E-state index contributed by atoms with van der Waals surface area (Å²) in [5.41, 5.74) is 0.293. The summed E-state index contributed by atoms with van der Waals surface area (Å²) in [6.07, 6.45) is 0.384. The number of rotatable bonds is 5. The van der Waals surface area contributed by atoms with Gasteiger partial charge < -0.3 is 20.2 Å². The standard InChI is InChI=1S/C16H20FN3O4/c17-13-4-1-3-12(11-13)15(23)19-7-9-20(10-8-19)16(24)18-6-2-5-14(21)22/h1,3-4,11H,2,5-10H2,(H,18,24)(H,21,22). The second-order valence-corrected chi connectivity index (χ2v) is 5.52. The van der Waals surface area contributed by atoms with E-state index >= 15 is 0 Å². The van der Waals surface area contributed by atoms with E-state index in [1.807, 2.05) is 0 Å². The molecule has 0 aromatic heterocycles. The number of carboxylic acid groups (broad SMARTS) is 1. The number of halogens is 1. The number of carbonyl (C=O) groups excluding carboxylic acids is 2. The van der Waals surface area contributed by atoms with Crippen molar-refractivity contribution in [3.63, 3.8) is 0 Å². The lowest BCUT2D eigenvalue weighted by Gasteiger charge is -2.34. The molecule has 0 spiro atoms. The number of urea groups is 1. The number of benzene rings is 1. The van der Waals surface area contributed by atoms with E-state index in [2.05, 4.69) is 5.32 Å². The molecule has 1 aromatic rings. The van der Waals surface area contributed by atoms with Crippen molar-refractivity contribution in [3.05, 3.63) is 35.6 Å². The van der Waals surface area contributed by atoms with Crippen LogP contribution in [0.4, 0.5) is 9.18 Å². The minimum absolute atomic E-state index is 0.0101. The highest BCUT2D eigenvalue weighted by Gasteiger charge is 2.24. The number of carboxylic acids is 1. The minimum atomic E-state index is -0.895. The number of aliphatic carboxylic acids is 1. The predicted octanol–water partition coefficient (Wildman–Crippen LogP) is 1.16. The zero-order valence-electron chi connectivity index (χ0n) is 13.2. The number of hydrogen-bond acceptors (Lipinski definition) is 3. The van der Waals surface area contributed by atoms with Crippen molar-refractivity contribution in [2.24, 2.45) is 0 Å². The van der Waals surface area contributed by atoms with Gasteiger partial charge in [-0.15, -0.1) is 0 Å². The maximum absolute atomic E-state index is 13.2. The van der Waals surface area contributed by atoms with Crippen molar-refractivity contribution < 1.29 is 23.9 Å². The lowest BCUT2D eigenvalue weighted by atomic mass is 10.2. The number of piperazine rings is 1. The van der Waals surface area contributed by atoms with Gasteiger partial charge in [0.2, 0.25) is 0 Å². The van der Waals surface area contributed by atoms with Crippen LogP contribution in [0.2, 0.25) is 0 Å². The average Bonchev–Trinajstić information content (AvgIpc) is 2.58. The van der Waals surface area contributed by atoms with Gasteiger partial charge in [-0.1, -0.05) is 6.07 Å². The lowest BCUT2D eigenvalue weighted by Crippen LogP contribution is -2.53. The molecule has 0 saturated carbocycles. The Balaban J connectivity index is 1.77. The van der Waals surface area contributed by atoms with Crippen molar-refractivity contribution in [2.45, 2.75) is 12.8 Å². The van der Waals surface area contributed by atoms with Gasteiger partial charge in [0.15, 0.2) is 0 Å². The fourth-order valence-electron chi connectivity index (χ4n) is 2.46. The molecule has 0 unspecified atom stereocenters. The Morgan fingerprint density at radius 3 is 2.42 bits per heavy atom. The zero-order valence-corrected chi connectivity index (χ0v) is 13.2. The Bertz CT molecular complexity index is 615. The second-order valence-electron chi connectivity index (χ2n) is 5.52. The van der Waals surface area contributed by atoms with Crippen LogP contribution in [0.15, 0.2) is 24.3 Å². The molecule has 24 heavy (non-hydrogen) atoms. The summed E-state index contributed by atoms with van der Waals surface area (Å²) in [5, 5.41) is 11.2. The van der Waals surface area contributed by atoms with E-state index in [4.69, 9.17) is 5.11 Å². The Kier molecular flexibility index (Phi) is 6.11. The maximum Gasteiger partial charge on any atom is 0.317 e. The third-order valence-corrected chi connectivity index (χ3v) is 3.77. The van der Waals surface area contributed by atoms with Crippen molar-refractivity contribution in [1.82, 2.24) is 15.1 Å². The first kappa shape index (κ1) is 17.7. The molecular weight excluding hydrogens is 317 g/mol. The van der Waals surface area contributed by atoms with Gasteiger partial charge in [0.25, 0.3) is 5.91 Å². The first-order valence-electron chi connectivity index (χ1n) is 7.77. The molecule has 8 heteroatoms. The summed E-state index contributed by atoms with van der Waals surface area (Å²) in [6, 6.07) is 5.27. The molecule has 1 aliphatic rings. The molecule has 1 saturated heterocycles. The van der Waals surface area contributed by atoms with Crippen molar-refractivity contribution in [1.29, 1.82) is 0 Å². The molecule has 0 atom stereocenters. The lowest BCUT2D eigenvalue weighted by molar-refractivity contribution is -0.137. The minimum Gasteiger partial charge on any atom is -0.481 e. The molecule has 1 aliphatic heterocycles. The Labute approximate surface area is 139 Å². The van der Waals surface area contributed by atoms with Crippen molar-refractivity contribution in [3.8, 4) is 0 Å². The van der Waals surface area contributed by atoms with Crippen LogP contribution in [0.1, 0.15) is 23.2 Å². The number of carbonyl (C=O) groups is 3. The van der Waals surface area contributed by atoms with E-state index in [0.717, 1.165) is 0 Å². The number of amides is 3. The van der Waals surface area contributed by atoms with Gasteiger partial charge in [0.1, 0.15) is 5.82 Å². The van der Waals surface area contributed by atoms with Crippen LogP contribution in [-0.2, 0) is 4.79 Å². The highest BCUT2D eigenvalue weighted by Crippen LogP contribution is 2.10. The summed E-state index contributed by atoms with van der Waals surface area (Å²) < 4.78 is 13.2. The number of nitrogens with one attached hydrogen (secondary N) is 1. The average molecular weight is 337 g/mol. The van der Waals surface area contributed by atoms with Crippen LogP contribution in [0.3, 0.4) is 0 Å². The molecule has 1 heterocycles. The van der Waals surface area contributed by atoms with Crippen LogP contribution in [0, 0.1) is 5.82 Å². The second kappa shape index (κ2) is 8.28. The summed E-state index contributed by atoms with van der Waals surface area (Å²) in [7, 11) is 0. The Hall–Kier alpha value is -2.64. The molecule has 1 aromatic carbocycles. The van der Waals surface area contributed by atoms with Crippen molar-refractivity contribution >= 4 is 17.9 Å². The van der Waals surface area contributed by atoms with Crippen LogP contribution in [0.25, 0.3) is 0 Å². The first-order chi connectivity index (χ1) is 11.5. The van der Waals surface area contributed by atoms with Gasteiger partial charge in [-0.3, -0.25) is 9.59 Å². The number of hydrogen-bond donors (Lipinski definition) is 2. The monoisotopic (exact) mass is 337 g/mol. The molecule has 2 N–H and O–H groups in total. The fourth-order valence-corrected chi connectivity index (χ4v) is 2.46. The van der Waals surface area contributed by atoms with Crippen LogP contribution < -0.4 is 5.32 Å². The molecule has 130 valence electrons. The smallest absolute Gasteiger partial charge is 0.317 e. The maximum atomic E-state index is 13.2. The molecule has 7 nitrogen and oxygen atoms in total. The highest BCUT2D eigenvalue weighted by atomic mass is 19.1. The molecular formula is C16H20FN3O4. The van der Waals surface area contributed by atoms with Crippen LogP contribution in [0.5, 0.6) is 0 Å². The summed E-state index contributed by atoms with van der Waals surface area (Å²) in [5.74, 6) is -1.61. The summed E-state index contributed by atoms with van der Waals surface area (Å²) in [4.78, 5) is 37.8. The van der Waals surface area contributed by atoms with Crippen LogP contribution >= 0.6 is 0 Å². The van der Waals surface area contributed by atoms with E-state index in [-0.39, 0.29) is 18.4 Å². The SMILES string of the molecule is O=C(O)CCCNC(=O)N1CCN(C(=O)c2cccc(F)c2)CC1. The largest absolute Gasteiger partial charge is 0.481 e. The van der Waals surface area contributed by atoms with Crippen LogP contribution in [-0.4, -0.2) is 65.5 Å². The predicted molar refractivity (Wildman–Crippen MR) is 84.1 cm³/mol. The van der Waals surface area contributed by atoms with Gasteiger partial charge in [-0.05, 0) is 24.6 Å². The molecule has 3 amide bonds. The number of nitrogens with zero attached hydrogens (tertiary/aromatic N) is 2. The first-order valence-corrected chi connectivity index (χ1v) is 7.77. The highest BCUT2D eigenvalue weighted by molar-refractivity contribution is 5.94. The Morgan fingerprint density at radius 2 is 1.79 bits per heavy atom. The van der Waals surface area contributed by atoms with Gasteiger partial charge >= 0.3 is 12.0 Å². The quantitative estimate of drug-likeness (QED) is 0.789.